The Morgan fingerprint density at radius 1 is 1.11 bits per heavy atom. The van der Waals surface area contributed by atoms with Crippen molar-refractivity contribution in [3.05, 3.63) is 46.3 Å². The van der Waals surface area contributed by atoms with Gasteiger partial charge in [-0.3, -0.25) is 0 Å². The number of aliphatic hydroxyl groups is 1. The highest BCUT2D eigenvalue weighted by molar-refractivity contribution is 5.83. The third-order valence-electron chi connectivity index (χ3n) is 4.71. The molecule has 2 aromatic rings. The van der Waals surface area contributed by atoms with Crippen LogP contribution in [0.5, 0.6) is 0 Å². The second-order valence-corrected chi connectivity index (χ2v) is 6.48. The minimum Gasteiger partial charge on any atom is -0.618 e. The van der Waals surface area contributed by atoms with Crippen molar-refractivity contribution in [2.45, 2.75) is 43.8 Å². The molecule has 148 valence electrons. The van der Waals surface area contributed by atoms with Gasteiger partial charge in [-0.05, 0) is 31.5 Å². The number of para-hydroxylation sites is 1. The van der Waals surface area contributed by atoms with Crippen LogP contribution in [0.15, 0.2) is 24.3 Å². The lowest BCUT2D eigenvalue weighted by Crippen LogP contribution is -2.42. The average molecular weight is 394 g/mol. The van der Waals surface area contributed by atoms with Crippen molar-refractivity contribution in [2.24, 2.45) is 0 Å². The predicted molar refractivity (Wildman–Crippen MR) is 83.5 cm³/mol. The van der Waals surface area contributed by atoms with Crippen LogP contribution in [0.1, 0.15) is 42.2 Å². The number of pyridine rings is 1. The number of benzene rings is 1. The summed E-state index contributed by atoms with van der Waals surface area (Å²) in [5.41, 5.74) is -4.78. The molecule has 1 saturated heterocycles. The molecule has 4 nitrogen and oxygen atoms in total. The number of halogens is 6. The maximum absolute atomic E-state index is 13.3. The Labute approximate surface area is 150 Å². The van der Waals surface area contributed by atoms with E-state index in [4.69, 9.17) is 0 Å². The van der Waals surface area contributed by atoms with Gasteiger partial charge in [0.15, 0.2) is 0 Å². The summed E-state index contributed by atoms with van der Waals surface area (Å²) in [6.45, 7) is 0.536. The first-order valence-corrected chi connectivity index (χ1v) is 8.27. The highest BCUT2D eigenvalue weighted by Gasteiger charge is 2.45. The Kier molecular flexibility index (Phi) is 4.98. The monoisotopic (exact) mass is 394 g/mol. The van der Waals surface area contributed by atoms with Crippen molar-refractivity contribution < 1.29 is 36.2 Å². The molecule has 0 radical (unpaired) electrons. The minimum absolute atomic E-state index is 0.352. The van der Waals surface area contributed by atoms with Gasteiger partial charge in [-0.1, -0.05) is 12.5 Å². The largest absolute Gasteiger partial charge is 0.618 e. The topological polar surface area (TPSA) is 59.2 Å². The van der Waals surface area contributed by atoms with Crippen LogP contribution in [0.25, 0.3) is 10.9 Å². The van der Waals surface area contributed by atoms with E-state index >= 15 is 0 Å². The number of aliphatic hydroxyl groups excluding tert-OH is 1. The van der Waals surface area contributed by atoms with E-state index in [9.17, 15) is 36.7 Å². The van der Waals surface area contributed by atoms with Gasteiger partial charge in [-0.15, -0.1) is 0 Å². The van der Waals surface area contributed by atoms with Crippen molar-refractivity contribution in [1.82, 2.24) is 5.32 Å². The van der Waals surface area contributed by atoms with Gasteiger partial charge in [-0.25, -0.2) is 0 Å². The lowest BCUT2D eigenvalue weighted by molar-refractivity contribution is -0.603. The number of alkyl halides is 6. The summed E-state index contributed by atoms with van der Waals surface area (Å²) in [7, 11) is 0. The summed E-state index contributed by atoms with van der Waals surface area (Å²) in [5.74, 6) is 0. The summed E-state index contributed by atoms with van der Waals surface area (Å²) in [6.07, 6.45) is -9.69. The van der Waals surface area contributed by atoms with Crippen LogP contribution < -0.4 is 10.0 Å². The van der Waals surface area contributed by atoms with Crippen molar-refractivity contribution in [3.8, 4) is 0 Å². The number of piperidine rings is 1. The van der Waals surface area contributed by atoms with E-state index in [1.807, 2.05) is 0 Å². The van der Waals surface area contributed by atoms with Crippen LogP contribution in [-0.2, 0) is 12.4 Å². The minimum atomic E-state index is -5.18. The van der Waals surface area contributed by atoms with Gasteiger partial charge in [-0.2, -0.15) is 31.1 Å². The number of hydrogen-bond acceptors (Lipinski definition) is 3. The summed E-state index contributed by atoms with van der Waals surface area (Å²) in [6, 6.07) is 2.49. The first-order valence-electron chi connectivity index (χ1n) is 8.27. The summed E-state index contributed by atoms with van der Waals surface area (Å²) in [4.78, 5) is 0. The third-order valence-corrected chi connectivity index (χ3v) is 4.71. The molecule has 2 N–H and O–H groups in total. The summed E-state index contributed by atoms with van der Waals surface area (Å²) >= 11 is 0. The number of hydrogen-bond donors (Lipinski definition) is 2. The standard InChI is InChI=1S/C17H16F6N2O2/c18-16(19,20)11-5-3-4-9-10(15(26)12-6-1-2-7-24-12)8-13(17(21,22)23)25(27)14(9)11/h3-5,8,12,15,24,26H,1-2,6-7H2/t12-,15+/m1/s1. The number of nitrogens with one attached hydrogen (secondary N) is 1. The van der Waals surface area contributed by atoms with Crippen molar-refractivity contribution >= 4 is 10.9 Å². The molecular formula is C17H16F6N2O2. The molecule has 1 fully saturated rings. The fraction of sp³-hybridized carbons (Fsp3) is 0.471. The van der Waals surface area contributed by atoms with E-state index in [-0.39, 0.29) is 10.9 Å². The average Bonchev–Trinajstić information content (AvgIpc) is 2.60. The molecule has 1 aliphatic heterocycles. The normalized spacial score (nSPS) is 20.0. The molecule has 1 aromatic heterocycles. The van der Waals surface area contributed by atoms with Gasteiger partial charge < -0.3 is 15.6 Å². The van der Waals surface area contributed by atoms with Gasteiger partial charge in [0.05, 0.1) is 11.5 Å². The Morgan fingerprint density at radius 3 is 2.37 bits per heavy atom. The molecule has 0 spiro atoms. The SMILES string of the molecule is [O-][n+]1c(C(F)(F)F)cc([C@H](O)[C@H]2CCCCN2)c2cccc(C(F)(F)F)c21. The zero-order valence-corrected chi connectivity index (χ0v) is 13.9. The highest BCUT2D eigenvalue weighted by Crippen LogP contribution is 2.39. The van der Waals surface area contributed by atoms with E-state index in [2.05, 4.69) is 5.32 Å². The van der Waals surface area contributed by atoms with Crippen LogP contribution in [0, 0.1) is 5.21 Å². The molecule has 27 heavy (non-hydrogen) atoms. The lowest BCUT2D eigenvalue weighted by Gasteiger charge is -2.29. The van der Waals surface area contributed by atoms with E-state index in [1.165, 1.54) is 0 Å². The molecule has 3 rings (SSSR count). The van der Waals surface area contributed by atoms with Crippen LogP contribution in [0.3, 0.4) is 0 Å². The number of rotatable bonds is 2. The van der Waals surface area contributed by atoms with Crippen LogP contribution >= 0.6 is 0 Å². The molecule has 0 aliphatic carbocycles. The maximum Gasteiger partial charge on any atom is 0.478 e. The van der Waals surface area contributed by atoms with Gasteiger partial charge >= 0.3 is 12.4 Å². The molecule has 0 amide bonds. The first kappa shape index (κ1) is 19.7. The second-order valence-electron chi connectivity index (χ2n) is 6.48. The molecule has 10 heteroatoms. The van der Waals surface area contributed by atoms with Crippen LogP contribution in [0.2, 0.25) is 0 Å². The number of nitrogens with zero attached hydrogens (tertiary/aromatic N) is 1. The molecule has 0 bridgehead atoms. The molecule has 0 saturated carbocycles. The zero-order valence-electron chi connectivity index (χ0n) is 13.9. The zero-order chi connectivity index (χ0) is 20.0. The molecular weight excluding hydrogens is 378 g/mol. The Balaban J connectivity index is 2.31. The van der Waals surface area contributed by atoms with E-state index in [1.54, 1.807) is 0 Å². The van der Waals surface area contributed by atoms with Gasteiger partial charge in [0.25, 0.3) is 5.69 Å². The Morgan fingerprint density at radius 2 is 1.81 bits per heavy atom. The number of aromatic nitrogens is 1. The van der Waals surface area contributed by atoms with Gasteiger partial charge in [0, 0.05) is 17.7 Å². The van der Waals surface area contributed by atoms with Gasteiger partial charge in [0.1, 0.15) is 5.56 Å². The molecule has 0 unspecified atom stereocenters. The van der Waals surface area contributed by atoms with Crippen molar-refractivity contribution in [3.63, 3.8) is 0 Å². The summed E-state index contributed by atoms with van der Waals surface area (Å²) in [5, 5.41) is 25.4. The number of fused-ring (bicyclic) bond motifs is 1. The smallest absolute Gasteiger partial charge is 0.478 e. The van der Waals surface area contributed by atoms with Crippen molar-refractivity contribution in [2.75, 3.05) is 6.54 Å². The summed E-state index contributed by atoms with van der Waals surface area (Å²) < 4.78 is 79.0. The molecule has 1 aliphatic rings. The third kappa shape index (κ3) is 3.68. The maximum atomic E-state index is 13.3. The van der Waals surface area contributed by atoms with E-state index in [0.29, 0.717) is 25.1 Å². The molecule has 2 atom stereocenters. The Hall–Kier alpha value is -2.07. The van der Waals surface area contributed by atoms with Crippen LogP contribution in [0.4, 0.5) is 26.3 Å². The quantitative estimate of drug-likeness (QED) is 0.464. The van der Waals surface area contributed by atoms with Crippen molar-refractivity contribution in [1.29, 1.82) is 0 Å². The fourth-order valence-electron chi connectivity index (χ4n) is 3.43. The van der Waals surface area contributed by atoms with Crippen LogP contribution in [-0.4, -0.2) is 17.7 Å². The molecule has 2 heterocycles. The predicted octanol–water partition coefficient (Wildman–Crippen LogP) is 3.69. The Bertz CT molecular complexity index is 844. The highest BCUT2D eigenvalue weighted by atomic mass is 19.4. The van der Waals surface area contributed by atoms with E-state index < -0.39 is 46.0 Å². The fourth-order valence-corrected chi connectivity index (χ4v) is 3.43. The second kappa shape index (κ2) is 6.83. The molecule has 1 aromatic carbocycles. The van der Waals surface area contributed by atoms with Gasteiger partial charge in [0.2, 0.25) is 5.52 Å². The first-order chi connectivity index (χ1) is 12.5. The lowest BCUT2D eigenvalue weighted by atomic mass is 9.91. The van der Waals surface area contributed by atoms with E-state index in [0.717, 1.165) is 25.0 Å².